The van der Waals surface area contributed by atoms with Crippen molar-refractivity contribution in [3.05, 3.63) is 65.2 Å². The summed E-state index contributed by atoms with van der Waals surface area (Å²) in [4.78, 5) is 14.6. The molecule has 0 bridgehead atoms. The fourth-order valence-corrected chi connectivity index (χ4v) is 3.22. The second-order valence-corrected chi connectivity index (χ2v) is 6.78. The maximum Gasteiger partial charge on any atom is 0.220 e. The lowest BCUT2D eigenvalue weighted by molar-refractivity contribution is -0.121. The summed E-state index contributed by atoms with van der Waals surface area (Å²) in [6.45, 7) is 4.99. The topological polar surface area (TPSA) is 50.8 Å². The normalized spacial score (nSPS) is 14.7. The van der Waals surface area contributed by atoms with Crippen LogP contribution in [0.4, 0.5) is 0 Å². The zero-order valence-corrected chi connectivity index (χ0v) is 15.9. The summed E-state index contributed by atoms with van der Waals surface area (Å²) in [5.41, 5.74) is 3.59. The highest BCUT2D eigenvalue weighted by Crippen LogP contribution is 2.14. The van der Waals surface area contributed by atoms with E-state index in [1.165, 1.54) is 11.1 Å². The van der Waals surface area contributed by atoms with E-state index < -0.39 is 0 Å². The van der Waals surface area contributed by atoms with Crippen LogP contribution < -0.4 is 10.1 Å². The Labute approximate surface area is 161 Å². The van der Waals surface area contributed by atoms with Crippen LogP contribution in [0, 0.1) is 0 Å². The summed E-state index contributed by atoms with van der Waals surface area (Å²) in [6.07, 6.45) is 1.21. The molecule has 2 aromatic carbocycles. The van der Waals surface area contributed by atoms with Gasteiger partial charge in [-0.1, -0.05) is 36.4 Å². The fraction of sp³-hybridized carbons (Fsp3) is 0.409. The molecule has 1 amide bonds. The summed E-state index contributed by atoms with van der Waals surface area (Å²) in [5, 5.41) is 3.06. The number of carbonyl (C=O) groups is 1. The molecule has 1 fully saturated rings. The Morgan fingerprint density at radius 3 is 2.48 bits per heavy atom. The number of aryl methyl sites for hydroxylation is 1. The average Bonchev–Trinajstić information content (AvgIpc) is 2.73. The Hall–Kier alpha value is -2.37. The van der Waals surface area contributed by atoms with E-state index in [9.17, 15) is 4.79 Å². The quantitative estimate of drug-likeness (QED) is 0.778. The van der Waals surface area contributed by atoms with Crippen LogP contribution in [0.1, 0.15) is 23.1 Å². The molecular formula is C22H28N2O3. The molecule has 0 aliphatic carbocycles. The molecule has 5 heteroatoms. The van der Waals surface area contributed by atoms with E-state index in [2.05, 4.69) is 28.4 Å². The highest BCUT2D eigenvalue weighted by atomic mass is 16.5. The second-order valence-electron chi connectivity index (χ2n) is 6.78. The number of hydrogen-bond acceptors (Lipinski definition) is 4. The molecule has 27 heavy (non-hydrogen) atoms. The summed E-state index contributed by atoms with van der Waals surface area (Å²) in [5.74, 6) is 0.909. The molecule has 0 saturated carbocycles. The van der Waals surface area contributed by atoms with Crippen molar-refractivity contribution in [3.63, 3.8) is 0 Å². The van der Waals surface area contributed by atoms with Gasteiger partial charge in [-0.25, -0.2) is 0 Å². The predicted octanol–water partition coefficient (Wildman–Crippen LogP) is 2.78. The first-order valence-corrected chi connectivity index (χ1v) is 9.51. The first kappa shape index (κ1) is 19.4. The predicted molar refractivity (Wildman–Crippen MR) is 106 cm³/mol. The highest BCUT2D eigenvalue weighted by Gasteiger charge is 2.13. The lowest BCUT2D eigenvalue weighted by Gasteiger charge is -2.27. The van der Waals surface area contributed by atoms with Crippen molar-refractivity contribution < 1.29 is 14.3 Å². The van der Waals surface area contributed by atoms with Crippen LogP contribution in [-0.2, 0) is 29.0 Å². The van der Waals surface area contributed by atoms with E-state index in [-0.39, 0.29) is 5.91 Å². The number of nitrogens with zero attached hydrogens (tertiary/aromatic N) is 1. The van der Waals surface area contributed by atoms with Crippen LogP contribution in [-0.4, -0.2) is 44.2 Å². The maximum absolute atomic E-state index is 12.3. The number of nitrogens with one attached hydrogen (secondary N) is 1. The molecule has 2 aromatic rings. The molecule has 1 N–H and O–H groups in total. The largest absolute Gasteiger partial charge is 0.497 e. The number of carbonyl (C=O) groups excluding carboxylic acids is 1. The van der Waals surface area contributed by atoms with Crippen molar-refractivity contribution in [2.45, 2.75) is 25.9 Å². The van der Waals surface area contributed by atoms with Gasteiger partial charge < -0.3 is 14.8 Å². The van der Waals surface area contributed by atoms with Gasteiger partial charge in [0.15, 0.2) is 0 Å². The Morgan fingerprint density at radius 2 is 1.78 bits per heavy atom. The van der Waals surface area contributed by atoms with Crippen LogP contribution in [0.2, 0.25) is 0 Å². The molecule has 0 aromatic heterocycles. The van der Waals surface area contributed by atoms with Gasteiger partial charge in [0.2, 0.25) is 5.91 Å². The van der Waals surface area contributed by atoms with Crippen LogP contribution in [0.15, 0.2) is 48.5 Å². The van der Waals surface area contributed by atoms with Gasteiger partial charge in [-0.05, 0) is 35.2 Å². The van der Waals surface area contributed by atoms with Gasteiger partial charge in [0.05, 0.1) is 20.3 Å². The first-order valence-electron chi connectivity index (χ1n) is 9.51. The van der Waals surface area contributed by atoms with Crippen LogP contribution in [0.3, 0.4) is 0 Å². The molecule has 0 radical (unpaired) electrons. The summed E-state index contributed by atoms with van der Waals surface area (Å²) < 4.78 is 10.6. The van der Waals surface area contributed by atoms with Crippen molar-refractivity contribution in [3.8, 4) is 5.75 Å². The van der Waals surface area contributed by atoms with Crippen LogP contribution in [0.25, 0.3) is 0 Å². The second kappa shape index (κ2) is 10.1. The molecule has 0 unspecified atom stereocenters. The number of ether oxygens (including phenoxy) is 2. The Kier molecular flexibility index (Phi) is 7.25. The molecule has 1 aliphatic rings. The number of benzene rings is 2. The van der Waals surface area contributed by atoms with E-state index in [1.54, 1.807) is 7.11 Å². The van der Waals surface area contributed by atoms with E-state index in [0.29, 0.717) is 13.0 Å². The summed E-state index contributed by atoms with van der Waals surface area (Å²) in [6, 6.07) is 16.2. The zero-order valence-electron chi connectivity index (χ0n) is 15.9. The van der Waals surface area contributed by atoms with Crippen LogP contribution in [0.5, 0.6) is 5.75 Å². The first-order chi connectivity index (χ1) is 13.2. The third-order valence-corrected chi connectivity index (χ3v) is 4.89. The van der Waals surface area contributed by atoms with Crippen molar-refractivity contribution in [2.75, 3.05) is 33.4 Å². The van der Waals surface area contributed by atoms with Crippen LogP contribution >= 0.6 is 0 Å². The number of amides is 1. The molecule has 1 heterocycles. The van der Waals surface area contributed by atoms with Crippen molar-refractivity contribution in [1.29, 1.82) is 0 Å². The van der Waals surface area contributed by atoms with E-state index in [0.717, 1.165) is 50.6 Å². The molecule has 1 saturated heterocycles. The highest BCUT2D eigenvalue weighted by molar-refractivity contribution is 5.76. The van der Waals surface area contributed by atoms with Gasteiger partial charge in [-0.3, -0.25) is 9.69 Å². The monoisotopic (exact) mass is 368 g/mol. The standard InChI is InChI=1S/C22H28N2O3/c1-26-21-9-6-18(7-10-21)8-11-22(25)23-16-19-4-2-3-5-20(19)17-24-12-14-27-15-13-24/h2-7,9-10H,8,11-17H2,1H3,(H,23,25). The smallest absolute Gasteiger partial charge is 0.220 e. The van der Waals surface area contributed by atoms with Gasteiger partial charge in [-0.15, -0.1) is 0 Å². The molecular weight excluding hydrogens is 340 g/mol. The van der Waals surface area contributed by atoms with Gasteiger partial charge >= 0.3 is 0 Å². The zero-order chi connectivity index (χ0) is 18.9. The van der Waals surface area contributed by atoms with Gasteiger partial charge in [0, 0.05) is 32.6 Å². The number of morpholine rings is 1. The van der Waals surface area contributed by atoms with E-state index in [1.807, 2.05) is 30.3 Å². The third kappa shape index (κ3) is 6.08. The number of hydrogen-bond donors (Lipinski definition) is 1. The third-order valence-electron chi connectivity index (χ3n) is 4.89. The minimum atomic E-state index is 0.0759. The van der Waals surface area contributed by atoms with Crippen molar-refractivity contribution in [1.82, 2.24) is 10.2 Å². The summed E-state index contributed by atoms with van der Waals surface area (Å²) in [7, 11) is 1.65. The molecule has 3 rings (SSSR count). The van der Waals surface area contributed by atoms with Crippen molar-refractivity contribution >= 4 is 5.91 Å². The molecule has 0 atom stereocenters. The Bertz CT molecular complexity index is 725. The Balaban J connectivity index is 1.47. The SMILES string of the molecule is COc1ccc(CCC(=O)NCc2ccccc2CN2CCOCC2)cc1. The van der Waals surface area contributed by atoms with E-state index in [4.69, 9.17) is 9.47 Å². The lowest BCUT2D eigenvalue weighted by atomic mass is 10.1. The minimum absolute atomic E-state index is 0.0759. The lowest BCUT2D eigenvalue weighted by Crippen LogP contribution is -2.36. The molecule has 0 spiro atoms. The van der Waals surface area contributed by atoms with Crippen molar-refractivity contribution in [2.24, 2.45) is 0 Å². The van der Waals surface area contributed by atoms with Gasteiger partial charge in [0.25, 0.3) is 0 Å². The number of methoxy groups -OCH3 is 1. The van der Waals surface area contributed by atoms with Gasteiger partial charge in [0.1, 0.15) is 5.75 Å². The fourth-order valence-electron chi connectivity index (χ4n) is 3.22. The molecule has 1 aliphatic heterocycles. The minimum Gasteiger partial charge on any atom is -0.497 e. The molecule has 144 valence electrons. The molecule has 5 nitrogen and oxygen atoms in total. The average molecular weight is 368 g/mol. The van der Waals surface area contributed by atoms with E-state index >= 15 is 0 Å². The maximum atomic E-state index is 12.3. The summed E-state index contributed by atoms with van der Waals surface area (Å²) >= 11 is 0. The van der Waals surface area contributed by atoms with Gasteiger partial charge in [-0.2, -0.15) is 0 Å². The Morgan fingerprint density at radius 1 is 1.07 bits per heavy atom. The number of rotatable bonds is 8.